The number of rotatable bonds is 8. The number of aryl methyl sites for hydroxylation is 1. The number of aliphatic hydroxyl groups is 1. The molecule has 0 saturated carbocycles. The molecule has 1 unspecified atom stereocenters. The Kier molecular flexibility index (Phi) is 5.65. The van der Waals surface area contributed by atoms with Gasteiger partial charge in [-0.25, -0.2) is 4.98 Å². The highest BCUT2D eigenvalue weighted by molar-refractivity contribution is 5.75. The molecule has 5 heteroatoms. The standard InChI is InChI=1S/C18H28N4O/c1-2-9-22-17-8-4-3-7-16(17)20-18(22)13-19-12-15(23)14-21-10-5-6-11-21/h3-4,7-8,15,19,23H,2,5-6,9-14H2,1H3. The van der Waals surface area contributed by atoms with E-state index in [-0.39, 0.29) is 6.10 Å². The van der Waals surface area contributed by atoms with Crippen LogP contribution in [-0.2, 0) is 13.1 Å². The zero-order valence-electron chi connectivity index (χ0n) is 14.0. The summed E-state index contributed by atoms with van der Waals surface area (Å²) >= 11 is 0. The lowest BCUT2D eigenvalue weighted by Gasteiger charge is -2.19. The van der Waals surface area contributed by atoms with E-state index >= 15 is 0 Å². The number of fused-ring (bicyclic) bond motifs is 1. The first kappa shape index (κ1) is 16.4. The Morgan fingerprint density at radius 3 is 2.83 bits per heavy atom. The third-order valence-electron chi connectivity index (χ3n) is 4.51. The predicted molar refractivity (Wildman–Crippen MR) is 93.4 cm³/mol. The number of β-amino-alcohol motifs (C(OH)–C–C–N with tert-alkyl or cyclic N) is 1. The van der Waals surface area contributed by atoms with E-state index < -0.39 is 0 Å². The molecule has 1 aromatic carbocycles. The normalized spacial score (nSPS) is 17.1. The number of aliphatic hydroxyl groups excluding tert-OH is 1. The van der Waals surface area contributed by atoms with Crippen LogP contribution in [0, 0.1) is 0 Å². The van der Waals surface area contributed by atoms with Crippen molar-refractivity contribution in [3.05, 3.63) is 30.1 Å². The average molecular weight is 316 g/mol. The van der Waals surface area contributed by atoms with Crippen LogP contribution < -0.4 is 5.32 Å². The molecule has 5 nitrogen and oxygen atoms in total. The lowest BCUT2D eigenvalue weighted by atomic mass is 10.3. The zero-order chi connectivity index (χ0) is 16.1. The van der Waals surface area contributed by atoms with Crippen LogP contribution in [0.4, 0.5) is 0 Å². The van der Waals surface area contributed by atoms with Gasteiger partial charge < -0.3 is 19.9 Å². The summed E-state index contributed by atoms with van der Waals surface area (Å²) in [5, 5.41) is 13.5. The molecule has 1 aliphatic heterocycles. The number of hydrogen-bond donors (Lipinski definition) is 2. The van der Waals surface area contributed by atoms with Crippen LogP contribution in [0.2, 0.25) is 0 Å². The topological polar surface area (TPSA) is 53.3 Å². The number of nitrogens with one attached hydrogen (secondary N) is 1. The molecular formula is C18H28N4O. The number of nitrogens with zero attached hydrogens (tertiary/aromatic N) is 3. The molecule has 1 aromatic heterocycles. The van der Waals surface area contributed by atoms with Gasteiger partial charge in [-0.05, 0) is 44.5 Å². The minimum absolute atomic E-state index is 0.308. The molecule has 0 spiro atoms. The van der Waals surface area contributed by atoms with E-state index in [1.807, 2.05) is 6.07 Å². The lowest BCUT2D eigenvalue weighted by Crippen LogP contribution is -2.37. The third kappa shape index (κ3) is 4.10. The summed E-state index contributed by atoms with van der Waals surface area (Å²) in [4.78, 5) is 7.09. The Morgan fingerprint density at radius 2 is 2.04 bits per heavy atom. The highest BCUT2D eigenvalue weighted by atomic mass is 16.3. The molecule has 0 aliphatic carbocycles. The molecular weight excluding hydrogens is 288 g/mol. The minimum atomic E-state index is -0.308. The number of imidazole rings is 1. The van der Waals surface area contributed by atoms with Crippen molar-refractivity contribution >= 4 is 11.0 Å². The molecule has 2 N–H and O–H groups in total. The second-order valence-corrected chi connectivity index (χ2v) is 6.46. The Morgan fingerprint density at radius 1 is 1.26 bits per heavy atom. The summed E-state index contributed by atoms with van der Waals surface area (Å²) in [5.41, 5.74) is 2.25. The van der Waals surface area contributed by atoms with E-state index in [1.54, 1.807) is 0 Å². The van der Waals surface area contributed by atoms with Gasteiger partial charge in [0, 0.05) is 19.6 Å². The number of para-hydroxylation sites is 2. The molecule has 1 fully saturated rings. The van der Waals surface area contributed by atoms with Crippen molar-refractivity contribution in [2.45, 2.75) is 45.4 Å². The Bertz CT molecular complexity index is 619. The second kappa shape index (κ2) is 7.90. The average Bonchev–Trinajstić information content (AvgIpc) is 3.16. The van der Waals surface area contributed by atoms with Gasteiger partial charge in [0.15, 0.2) is 0 Å². The Balaban J connectivity index is 1.56. The summed E-state index contributed by atoms with van der Waals surface area (Å²) in [5.74, 6) is 1.06. The highest BCUT2D eigenvalue weighted by Gasteiger charge is 2.16. The van der Waals surface area contributed by atoms with Crippen LogP contribution >= 0.6 is 0 Å². The van der Waals surface area contributed by atoms with Crippen LogP contribution in [-0.4, -0.2) is 51.8 Å². The molecule has 1 saturated heterocycles. The predicted octanol–water partition coefficient (Wildman–Crippen LogP) is 1.99. The van der Waals surface area contributed by atoms with Gasteiger partial charge in [-0.15, -0.1) is 0 Å². The van der Waals surface area contributed by atoms with Crippen molar-refractivity contribution < 1.29 is 5.11 Å². The molecule has 2 aromatic rings. The molecule has 0 amide bonds. The van der Waals surface area contributed by atoms with Crippen LogP contribution in [0.1, 0.15) is 32.0 Å². The van der Waals surface area contributed by atoms with E-state index in [0.29, 0.717) is 13.1 Å². The maximum atomic E-state index is 10.2. The zero-order valence-corrected chi connectivity index (χ0v) is 14.0. The molecule has 23 heavy (non-hydrogen) atoms. The van der Waals surface area contributed by atoms with E-state index in [4.69, 9.17) is 4.98 Å². The largest absolute Gasteiger partial charge is 0.390 e. The number of benzene rings is 1. The molecule has 1 atom stereocenters. The Hall–Kier alpha value is -1.43. The van der Waals surface area contributed by atoms with Crippen LogP contribution in [0.25, 0.3) is 11.0 Å². The van der Waals surface area contributed by atoms with Gasteiger partial charge in [0.1, 0.15) is 5.82 Å². The first-order valence-corrected chi connectivity index (χ1v) is 8.83. The lowest BCUT2D eigenvalue weighted by molar-refractivity contribution is 0.123. The molecule has 1 aliphatic rings. The summed E-state index contributed by atoms with van der Waals surface area (Å²) < 4.78 is 2.29. The number of aromatic nitrogens is 2. The Labute approximate surface area is 138 Å². The monoisotopic (exact) mass is 316 g/mol. The van der Waals surface area contributed by atoms with Crippen LogP contribution in [0.5, 0.6) is 0 Å². The molecule has 2 heterocycles. The molecule has 3 rings (SSSR count). The second-order valence-electron chi connectivity index (χ2n) is 6.46. The van der Waals surface area contributed by atoms with Gasteiger partial charge in [-0.3, -0.25) is 0 Å². The van der Waals surface area contributed by atoms with E-state index in [0.717, 1.165) is 43.9 Å². The quantitative estimate of drug-likeness (QED) is 0.782. The maximum Gasteiger partial charge on any atom is 0.123 e. The number of hydrogen-bond acceptors (Lipinski definition) is 4. The van der Waals surface area contributed by atoms with Gasteiger partial charge in [-0.1, -0.05) is 19.1 Å². The van der Waals surface area contributed by atoms with E-state index in [2.05, 4.69) is 39.9 Å². The van der Waals surface area contributed by atoms with Crippen molar-refractivity contribution in [3.63, 3.8) is 0 Å². The van der Waals surface area contributed by atoms with Gasteiger partial charge >= 0.3 is 0 Å². The fraction of sp³-hybridized carbons (Fsp3) is 0.611. The van der Waals surface area contributed by atoms with Gasteiger partial charge in [-0.2, -0.15) is 0 Å². The van der Waals surface area contributed by atoms with Crippen molar-refractivity contribution in [2.75, 3.05) is 26.2 Å². The molecule has 0 radical (unpaired) electrons. The van der Waals surface area contributed by atoms with Crippen molar-refractivity contribution in [2.24, 2.45) is 0 Å². The number of likely N-dealkylation sites (tertiary alicyclic amines) is 1. The van der Waals surface area contributed by atoms with E-state index in [1.165, 1.54) is 18.4 Å². The third-order valence-corrected chi connectivity index (χ3v) is 4.51. The summed E-state index contributed by atoms with van der Waals surface area (Å²) in [7, 11) is 0. The summed E-state index contributed by atoms with van der Waals surface area (Å²) in [6.45, 7) is 7.52. The van der Waals surface area contributed by atoms with Gasteiger partial charge in [0.05, 0.1) is 23.7 Å². The van der Waals surface area contributed by atoms with Crippen molar-refractivity contribution in [3.8, 4) is 0 Å². The van der Waals surface area contributed by atoms with Gasteiger partial charge in [0.25, 0.3) is 0 Å². The summed E-state index contributed by atoms with van der Waals surface area (Å²) in [6, 6.07) is 8.28. The fourth-order valence-electron chi connectivity index (χ4n) is 3.41. The van der Waals surface area contributed by atoms with E-state index in [9.17, 15) is 5.11 Å². The SMILES string of the molecule is CCCn1c(CNCC(O)CN2CCCC2)nc2ccccc21. The maximum absolute atomic E-state index is 10.2. The first-order chi connectivity index (χ1) is 11.3. The summed E-state index contributed by atoms with van der Waals surface area (Å²) in [6.07, 6.45) is 3.31. The molecule has 0 bridgehead atoms. The van der Waals surface area contributed by atoms with Crippen molar-refractivity contribution in [1.29, 1.82) is 0 Å². The van der Waals surface area contributed by atoms with Crippen molar-refractivity contribution in [1.82, 2.24) is 19.8 Å². The smallest absolute Gasteiger partial charge is 0.123 e. The van der Waals surface area contributed by atoms with Gasteiger partial charge in [0.2, 0.25) is 0 Å². The van der Waals surface area contributed by atoms with Crippen LogP contribution in [0.15, 0.2) is 24.3 Å². The highest BCUT2D eigenvalue weighted by Crippen LogP contribution is 2.16. The molecule has 126 valence electrons. The fourth-order valence-corrected chi connectivity index (χ4v) is 3.41. The minimum Gasteiger partial charge on any atom is -0.390 e. The first-order valence-electron chi connectivity index (χ1n) is 8.83. The van der Waals surface area contributed by atoms with Crippen LogP contribution in [0.3, 0.4) is 0 Å².